The maximum Gasteiger partial charge on any atom is 0.0267 e. The van der Waals surface area contributed by atoms with Crippen LogP contribution in [0.4, 0.5) is 0 Å². The molecule has 3 rings (SSSR count). The van der Waals surface area contributed by atoms with Crippen molar-refractivity contribution in [3.8, 4) is 0 Å². The minimum absolute atomic E-state index is 0. The molecule has 1 aromatic carbocycles. The third kappa shape index (κ3) is 5.41. The van der Waals surface area contributed by atoms with Crippen molar-refractivity contribution in [3.63, 3.8) is 0 Å². The molecule has 3 heteroatoms. The van der Waals surface area contributed by atoms with E-state index < -0.39 is 0 Å². The number of aromatic amines is 1. The Labute approximate surface area is 130 Å². The van der Waals surface area contributed by atoms with Gasteiger partial charge in [-0.05, 0) is 42.7 Å². The van der Waals surface area contributed by atoms with Gasteiger partial charge in [0, 0.05) is 24.3 Å². The molecule has 0 spiro atoms. The maximum atomic E-state index is 3.78. The van der Waals surface area contributed by atoms with Crippen molar-refractivity contribution < 1.29 is 0 Å². The Balaban J connectivity index is 0.000000243. The van der Waals surface area contributed by atoms with Gasteiger partial charge in [0.2, 0.25) is 0 Å². The zero-order valence-electron chi connectivity index (χ0n) is 11.5. The lowest BCUT2D eigenvalue weighted by molar-refractivity contribution is 1.14. The van der Waals surface area contributed by atoms with E-state index >= 15 is 0 Å². The van der Waals surface area contributed by atoms with Crippen molar-refractivity contribution in [2.24, 2.45) is 0 Å². The number of pyridine rings is 1. The Bertz CT molecular complexity index is 550. The van der Waals surface area contributed by atoms with Gasteiger partial charge in [-0.3, -0.25) is 4.98 Å². The molecule has 0 bridgehead atoms. The lowest BCUT2D eigenvalue weighted by Gasteiger charge is -1.99. The lowest BCUT2D eigenvalue weighted by atomic mass is 10.1. The Morgan fingerprint density at radius 1 is 0.900 bits per heavy atom. The number of aromatic nitrogens is 2. The summed E-state index contributed by atoms with van der Waals surface area (Å²) in [6.45, 7) is 2.11. The molecule has 0 saturated heterocycles. The van der Waals surface area contributed by atoms with Crippen LogP contribution in [0.2, 0.25) is 0 Å². The largest absolute Gasteiger partial charge is 0.365 e. The first kappa shape index (κ1) is 16.2. The first-order chi connectivity index (χ1) is 9.36. The molecule has 2 aromatic heterocycles. The fraction of sp³-hybridized carbons (Fsp3) is 0.118. The van der Waals surface area contributed by atoms with Crippen molar-refractivity contribution in [1.29, 1.82) is 0 Å². The summed E-state index contributed by atoms with van der Waals surface area (Å²) in [5.41, 5.74) is 4.01. The first-order valence-corrected chi connectivity index (χ1v) is 6.38. The molecule has 0 aliphatic carbocycles. The smallest absolute Gasteiger partial charge is 0.0267 e. The van der Waals surface area contributed by atoms with Crippen LogP contribution in [0.1, 0.15) is 16.8 Å². The SMILES string of the molecule is Br.Cc1[nH]ccc1Cc1ccccc1.c1ccncc1. The molecule has 0 aliphatic rings. The van der Waals surface area contributed by atoms with Crippen molar-refractivity contribution in [2.45, 2.75) is 13.3 Å². The zero-order valence-corrected chi connectivity index (χ0v) is 13.2. The number of hydrogen-bond acceptors (Lipinski definition) is 1. The number of nitrogens with one attached hydrogen (secondary N) is 1. The molecular weight excluding hydrogens is 312 g/mol. The van der Waals surface area contributed by atoms with E-state index in [0.29, 0.717) is 0 Å². The van der Waals surface area contributed by atoms with Gasteiger partial charge >= 0.3 is 0 Å². The number of aryl methyl sites for hydroxylation is 1. The molecule has 0 aliphatic heterocycles. The number of hydrogen-bond donors (Lipinski definition) is 1. The quantitative estimate of drug-likeness (QED) is 0.732. The van der Waals surface area contributed by atoms with Crippen molar-refractivity contribution in [1.82, 2.24) is 9.97 Å². The zero-order chi connectivity index (χ0) is 13.3. The van der Waals surface area contributed by atoms with Gasteiger partial charge in [-0.25, -0.2) is 0 Å². The third-order valence-electron chi connectivity index (χ3n) is 2.87. The highest BCUT2D eigenvalue weighted by atomic mass is 79.9. The molecule has 2 heterocycles. The van der Waals surface area contributed by atoms with Gasteiger partial charge in [0.15, 0.2) is 0 Å². The highest BCUT2D eigenvalue weighted by molar-refractivity contribution is 8.93. The van der Waals surface area contributed by atoms with Gasteiger partial charge in [0.25, 0.3) is 0 Å². The fourth-order valence-electron chi connectivity index (χ4n) is 1.80. The molecule has 2 nitrogen and oxygen atoms in total. The van der Waals surface area contributed by atoms with Crippen LogP contribution in [0.5, 0.6) is 0 Å². The summed E-state index contributed by atoms with van der Waals surface area (Å²) in [6, 6.07) is 18.4. The summed E-state index contributed by atoms with van der Waals surface area (Å²) < 4.78 is 0. The predicted octanol–water partition coefficient (Wildman–Crippen LogP) is 4.57. The van der Waals surface area contributed by atoms with Crippen LogP contribution in [0, 0.1) is 6.92 Å². The highest BCUT2D eigenvalue weighted by Gasteiger charge is 1.99. The van der Waals surface area contributed by atoms with Gasteiger partial charge in [-0.15, -0.1) is 17.0 Å². The third-order valence-corrected chi connectivity index (χ3v) is 2.87. The first-order valence-electron chi connectivity index (χ1n) is 6.38. The second-order valence-electron chi connectivity index (χ2n) is 4.31. The molecule has 3 aromatic rings. The van der Waals surface area contributed by atoms with Crippen LogP contribution in [-0.4, -0.2) is 9.97 Å². The van der Waals surface area contributed by atoms with Gasteiger partial charge in [0.1, 0.15) is 0 Å². The molecule has 104 valence electrons. The topological polar surface area (TPSA) is 28.7 Å². The number of halogens is 1. The van der Waals surface area contributed by atoms with Gasteiger partial charge in [0.05, 0.1) is 0 Å². The maximum absolute atomic E-state index is 3.78. The van der Waals surface area contributed by atoms with Crippen LogP contribution >= 0.6 is 17.0 Å². The van der Waals surface area contributed by atoms with Crippen LogP contribution in [0.3, 0.4) is 0 Å². The van der Waals surface area contributed by atoms with Gasteiger partial charge < -0.3 is 4.98 Å². The van der Waals surface area contributed by atoms with E-state index in [-0.39, 0.29) is 17.0 Å². The molecular formula is C17H19BrN2. The fourth-order valence-corrected chi connectivity index (χ4v) is 1.80. The second kappa shape index (κ2) is 9.10. The van der Waals surface area contributed by atoms with Crippen LogP contribution in [-0.2, 0) is 6.42 Å². The molecule has 0 unspecified atom stereocenters. The Kier molecular flexibility index (Phi) is 7.36. The van der Waals surface area contributed by atoms with Gasteiger partial charge in [-0.2, -0.15) is 0 Å². The molecule has 0 fully saturated rings. The summed E-state index contributed by atoms with van der Waals surface area (Å²) >= 11 is 0. The van der Waals surface area contributed by atoms with E-state index in [2.05, 4.69) is 47.2 Å². The van der Waals surface area contributed by atoms with E-state index in [9.17, 15) is 0 Å². The number of benzene rings is 1. The normalized spacial score (nSPS) is 9.05. The molecule has 0 saturated carbocycles. The van der Waals surface area contributed by atoms with E-state index in [4.69, 9.17) is 0 Å². The average Bonchev–Trinajstić information content (AvgIpc) is 2.88. The monoisotopic (exact) mass is 330 g/mol. The molecule has 0 amide bonds. The molecule has 20 heavy (non-hydrogen) atoms. The van der Waals surface area contributed by atoms with Crippen molar-refractivity contribution >= 4 is 17.0 Å². The molecule has 1 N–H and O–H groups in total. The summed E-state index contributed by atoms with van der Waals surface area (Å²) in [5, 5.41) is 0. The summed E-state index contributed by atoms with van der Waals surface area (Å²) in [5.74, 6) is 0. The van der Waals surface area contributed by atoms with E-state index in [0.717, 1.165) is 6.42 Å². The average molecular weight is 331 g/mol. The highest BCUT2D eigenvalue weighted by Crippen LogP contribution is 2.11. The number of rotatable bonds is 2. The minimum Gasteiger partial charge on any atom is -0.365 e. The van der Waals surface area contributed by atoms with Gasteiger partial charge in [-0.1, -0.05) is 36.4 Å². The Hall–Kier alpha value is -1.87. The molecule has 0 atom stereocenters. The summed E-state index contributed by atoms with van der Waals surface area (Å²) in [6.07, 6.45) is 6.52. The predicted molar refractivity (Wildman–Crippen MR) is 89.3 cm³/mol. The standard InChI is InChI=1S/C12H13N.C5H5N.BrH/c1-10-12(7-8-13-10)9-11-5-3-2-4-6-11;1-2-4-6-5-3-1;/h2-8,13H,9H2,1H3;1-5H;1H. The second-order valence-corrected chi connectivity index (χ2v) is 4.31. The number of H-pyrrole nitrogens is 1. The van der Waals surface area contributed by atoms with E-state index in [1.54, 1.807) is 12.4 Å². The minimum atomic E-state index is 0. The Morgan fingerprint density at radius 2 is 1.55 bits per heavy atom. The summed E-state index contributed by atoms with van der Waals surface area (Å²) in [4.78, 5) is 6.97. The Morgan fingerprint density at radius 3 is 2.00 bits per heavy atom. The van der Waals surface area contributed by atoms with Crippen LogP contribution in [0.25, 0.3) is 0 Å². The lowest BCUT2D eigenvalue weighted by Crippen LogP contribution is -1.87. The van der Waals surface area contributed by atoms with Crippen LogP contribution in [0.15, 0.2) is 73.2 Å². The van der Waals surface area contributed by atoms with Crippen molar-refractivity contribution in [3.05, 3.63) is 90.0 Å². The summed E-state index contributed by atoms with van der Waals surface area (Å²) in [7, 11) is 0. The van der Waals surface area contributed by atoms with E-state index in [1.807, 2.05) is 30.5 Å². The van der Waals surface area contributed by atoms with Crippen molar-refractivity contribution in [2.75, 3.05) is 0 Å². The van der Waals surface area contributed by atoms with E-state index in [1.165, 1.54) is 16.8 Å². The molecule has 0 radical (unpaired) electrons. The van der Waals surface area contributed by atoms with Crippen LogP contribution < -0.4 is 0 Å². The number of nitrogens with zero attached hydrogens (tertiary/aromatic N) is 1.